The van der Waals surface area contributed by atoms with E-state index in [1.54, 1.807) is 41.5 Å². The molecule has 0 aromatic carbocycles. The molecule has 2 saturated heterocycles. The van der Waals surface area contributed by atoms with Crippen LogP contribution >= 0.6 is 0 Å². The summed E-state index contributed by atoms with van der Waals surface area (Å²) in [5.74, 6) is -5.84. The van der Waals surface area contributed by atoms with Gasteiger partial charge in [0.1, 0.15) is 35.2 Å². The van der Waals surface area contributed by atoms with Crippen molar-refractivity contribution >= 4 is 35.6 Å². The minimum Gasteiger partial charge on any atom is -0.478 e. The fraction of sp³-hybridized carbons (Fsp3) is 0.480. The zero-order valence-corrected chi connectivity index (χ0v) is 42.1. The number of carbonyl (C=O) groups is 6. The van der Waals surface area contributed by atoms with Crippen LogP contribution in [0, 0.1) is 11.6 Å². The van der Waals surface area contributed by atoms with Crippen LogP contribution < -0.4 is 5.73 Å². The lowest BCUT2D eigenvalue weighted by atomic mass is 10.00. The molecule has 76 heavy (non-hydrogen) atoms. The lowest BCUT2D eigenvalue weighted by molar-refractivity contribution is -0.142. The summed E-state index contributed by atoms with van der Waals surface area (Å²) >= 11 is 0. The normalized spacial score (nSPS) is 19.9. The van der Waals surface area contributed by atoms with Gasteiger partial charge in [0.2, 0.25) is 0 Å². The number of hydrogen-bond acceptors (Lipinski definition) is 12. The molecule has 4 aromatic heterocycles. The Morgan fingerprint density at radius 2 is 0.961 bits per heavy atom. The molecule has 6 atom stereocenters. The Labute approximate surface area is 428 Å². The number of carboxylic acids is 1. The molecule has 6 rings (SSSR count). The van der Waals surface area contributed by atoms with E-state index in [-0.39, 0.29) is 72.2 Å². The number of aromatic carboxylic acids is 1. The number of rotatable bonds is 12. The second-order valence-corrected chi connectivity index (χ2v) is 20.0. The van der Waals surface area contributed by atoms with Crippen molar-refractivity contribution in [3.8, 4) is 22.5 Å². The third-order valence-electron chi connectivity index (χ3n) is 12.0. The van der Waals surface area contributed by atoms with Crippen LogP contribution in [0.1, 0.15) is 124 Å². The van der Waals surface area contributed by atoms with E-state index in [1.165, 1.54) is 26.0 Å². The van der Waals surface area contributed by atoms with Crippen molar-refractivity contribution in [1.82, 2.24) is 29.7 Å². The van der Waals surface area contributed by atoms with Gasteiger partial charge in [-0.1, -0.05) is 0 Å². The van der Waals surface area contributed by atoms with Gasteiger partial charge >= 0.3 is 30.5 Å². The highest BCUT2D eigenvalue weighted by Crippen LogP contribution is 2.36. The van der Waals surface area contributed by atoms with Gasteiger partial charge in [-0.2, -0.15) is 26.3 Å². The predicted molar refractivity (Wildman–Crippen MR) is 249 cm³/mol. The minimum absolute atomic E-state index is 0.00413. The number of likely N-dealkylation sites (tertiary alicyclic amines) is 2. The molecule has 3 N–H and O–H groups in total. The predicted octanol–water partition coefficient (Wildman–Crippen LogP) is 9.88. The second-order valence-electron chi connectivity index (χ2n) is 20.0. The molecule has 26 heteroatoms. The summed E-state index contributed by atoms with van der Waals surface area (Å²) in [7, 11) is 0. The van der Waals surface area contributed by atoms with E-state index in [9.17, 15) is 77.8 Å². The van der Waals surface area contributed by atoms with Gasteiger partial charge in [0.15, 0.2) is 23.0 Å². The number of ether oxygens (including phenoxy) is 2. The monoisotopic (exact) mass is 1090 g/mol. The van der Waals surface area contributed by atoms with Crippen molar-refractivity contribution in [1.29, 1.82) is 0 Å². The maximum absolute atomic E-state index is 14.5. The number of amides is 3. The van der Waals surface area contributed by atoms with E-state index < -0.39 is 130 Å². The van der Waals surface area contributed by atoms with E-state index in [4.69, 9.17) is 15.2 Å². The number of aryl methyl sites for hydroxylation is 2. The summed E-state index contributed by atoms with van der Waals surface area (Å²) in [5.41, 5.74) is -1.94. The number of alkyl halides is 8. The summed E-state index contributed by atoms with van der Waals surface area (Å²) < 4.78 is 147. The zero-order chi connectivity index (χ0) is 57.2. The average molecular weight is 1090 g/mol. The fourth-order valence-corrected chi connectivity index (χ4v) is 8.27. The molecule has 0 aliphatic carbocycles. The summed E-state index contributed by atoms with van der Waals surface area (Å²) in [6.45, 7) is 12.7. The Bertz CT molecular complexity index is 2680. The van der Waals surface area contributed by atoms with Crippen molar-refractivity contribution < 1.29 is 87.3 Å². The molecule has 412 valence electrons. The molecule has 2 aliphatic heterocycles. The topological polar surface area (TPSA) is 225 Å². The number of carbonyl (C=O) groups excluding carboxylic acids is 5. The van der Waals surface area contributed by atoms with Crippen LogP contribution in [0.15, 0.2) is 49.1 Å². The third kappa shape index (κ3) is 14.6. The highest BCUT2D eigenvalue weighted by atomic mass is 19.4. The van der Waals surface area contributed by atoms with E-state index >= 15 is 0 Å². The molecular formula is C50H53F10N7O9. The molecule has 6 heterocycles. The quantitative estimate of drug-likeness (QED) is 0.126. The zero-order valence-electron chi connectivity index (χ0n) is 42.1. The van der Waals surface area contributed by atoms with Gasteiger partial charge in [-0.3, -0.25) is 44.1 Å². The maximum atomic E-state index is 14.5. The number of halogens is 10. The number of nitrogens with two attached hydrogens (primary N) is 1. The first-order valence-corrected chi connectivity index (χ1v) is 23.3. The smallest absolute Gasteiger partial charge is 0.434 e. The van der Waals surface area contributed by atoms with Gasteiger partial charge < -0.3 is 20.3 Å². The van der Waals surface area contributed by atoms with Gasteiger partial charge in [-0.25, -0.2) is 31.9 Å². The van der Waals surface area contributed by atoms with Crippen LogP contribution in [0.25, 0.3) is 22.5 Å². The standard InChI is InChI=1S/C25H27F5N4O4.C25H26F5N3O5/c1-12-16(26)9-19(34(12)23(37)38-24(2,3)4)20(35)6-5-13-8-18(32-11-17(13)27)14-7-15(22(31)36)21(33-10-14)25(28,29)30;1-12-16(26)9-19(33(12)23(37)38-24(2,3)4)20(34)6-5-13-8-18(31-11-17(13)27)14-7-15(22(35)36)21(32-10-14)25(28,29)30/h7-8,10-12,16,19H,5-6,9H2,1-4H3,(H2,31,36);7-8,10-12,16,19H,5-6,9H2,1-4H3,(H,35,36)/t2*12-,16+,19-/m00/s1. The van der Waals surface area contributed by atoms with Gasteiger partial charge in [-0.15, -0.1) is 0 Å². The third-order valence-corrected chi connectivity index (χ3v) is 12.0. The van der Waals surface area contributed by atoms with Crippen molar-refractivity contribution in [2.75, 3.05) is 0 Å². The number of nitrogens with zero attached hydrogens (tertiary/aromatic N) is 6. The van der Waals surface area contributed by atoms with Gasteiger partial charge in [0.05, 0.1) is 59.1 Å². The van der Waals surface area contributed by atoms with Gasteiger partial charge in [0.25, 0.3) is 5.91 Å². The molecule has 16 nitrogen and oxygen atoms in total. The number of Topliss-reactive ketones (excluding diaryl/α,β-unsaturated/α-hetero) is 2. The molecule has 3 amide bonds. The summed E-state index contributed by atoms with van der Waals surface area (Å²) in [5, 5.41) is 9.19. The molecule has 0 bridgehead atoms. The van der Waals surface area contributed by atoms with Crippen molar-refractivity contribution in [2.45, 2.75) is 154 Å². The largest absolute Gasteiger partial charge is 0.478 e. The molecule has 0 saturated carbocycles. The van der Waals surface area contributed by atoms with Crippen LogP contribution in [0.3, 0.4) is 0 Å². The minimum atomic E-state index is -5.00. The molecule has 0 unspecified atom stereocenters. The van der Waals surface area contributed by atoms with E-state index in [1.807, 2.05) is 0 Å². The highest BCUT2D eigenvalue weighted by molar-refractivity contribution is 5.95. The maximum Gasteiger partial charge on any atom is 0.434 e. The Morgan fingerprint density at radius 3 is 1.29 bits per heavy atom. The Kier molecular flexibility index (Phi) is 18.0. The van der Waals surface area contributed by atoms with E-state index in [0.29, 0.717) is 0 Å². The summed E-state index contributed by atoms with van der Waals surface area (Å²) in [6, 6.07) is -0.0558. The average Bonchev–Trinajstić information content (AvgIpc) is 3.78. The second kappa shape index (κ2) is 22.9. The van der Waals surface area contributed by atoms with Crippen LogP contribution in [0.5, 0.6) is 0 Å². The molecule has 4 aromatic rings. The Hall–Kier alpha value is -7.28. The number of aromatic nitrogens is 4. The van der Waals surface area contributed by atoms with Crippen LogP contribution in [0.4, 0.5) is 53.5 Å². The van der Waals surface area contributed by atoms with Crippen LogP contribution in [0.2, 0.25) is 0 Å². The number of pyridine rings is 4. The SMILES string of the molecule is C[C@H]1[C@H](F)C[C@@H](C(=O)CCc2cc(-c3cnc(C(F)(F)F)c(C(=O)O)c3)ncc2F)N1C(=O)OC(C)(C)C.C[C@H]1[C@H](F)C[C@@H](C(=O)CCc2cc(-c3cnc(C(F)(F)F)c(C(N)=O)c3)ncc2F)N1C(=O)OC(C)(C)C. The van der Waals surface area contributed by atoms with Crippen molar-refractivity contribution in [3.05, 3.63) is 94.3 Å². The Balaban J connectivity index is 0.000000281. The first-order chi connectivity index (χ1) is 35.0. The lowest BCUT2D eigenvalue weighted by Crippen LogP contribution is -2.47. The number of ketones is 2. The fourth-order valence-electron chi connectivity index (χ4n) is 8.27. The van der Waals surface area contributed by atoms with Gasteiger partial charge in [0, 0.05) is 49.2 Å². The molecular weight excluding hydrogens is 1030 g/mol. The molecule has 2 fully saturated rings. The van der Waals surface area contributed by atoms with Crippen molar-refractivity contribution in [2.24, 2.45) is 5.73 Å². The van der Waals surface area contributed by atoms with Crippen molar-refractivity contribution in [3.63, 3.8) is 0 Å². The summed E-state index contributed by atoms with van der Waals surface area (Å²) in [4.78, 5) is 90.4. The first-order valence-electron chi connectivity index (χ1n) is 23.3. The van der Waals surface area contributed by atoms with Gasteiger partial charge in [-0.05, 0) is 104 Å². The van der Waals surface area contributed by atoms with E-state index in [2.05, 4.69) is 19.9 Å². The first kappa shape index (κ1) is 59.6. The van der Waals surface area contributed by atoms with Crippen LogP contribution in [-0.4, -0.2) is 118 Å². The summed E-state index contributed by atoms with van der Waals surface area (Å²) in [6.07, 6.45) is -12.7. The number of carboxylic acid groups (broad SMARTS) is 1. The lowest BCUT2D eigenvalue weighted by Gasteiger charge is -2.30. The molecule has 2 aliphatic rings. The molecule has 0 radical (unpaired) electrons. The van der Waals surface area contributed by atoms with E-state index in [0.717, 1.165) is 46.7 Å². The number of primary amides is 1. The van der Waals surface area contributed by atoms with Crippen LogP contribution in [-0.2, 0) is 44.3 Å². The number of hydrogen-bond donors (Lipinski definition) is 2. The molecule has 0 spiro atoms. The highest BCUT2D eigenvalue weighted by Gasteiger charge is 2.48. The Morgan fingerprint density at radius 1 is 0.605 bits per heavy atom.